The predicted octanol–water partition coefficient (Wildman–Crippen LogP) is 12.1. The number of methoxy groups -OCH3 is 1. The number of nitrogens with zero attached hydrogens (tertiary/aromatic N) is 2. The zero-order valence-corrected chi connectivity index (χ0v) is 30.5. The van der Waals surface area contributed by atoms with Crippen LogP contribution in [0.25, 0.3) is 22.3 Å². The quantitative estimate of drug-likeness (QED) is 0.153. The molecule has 0 bridgehead atoms. The van der Waals surface area contributed by atoms with E-state index in [1.165, 1.54) is 71.0 Å². The highest BCUT2D eigenvalue weighted by atomic mass is 32.2. The first-order chi connectivity index (χ1) is 25.8. The molecule has 0 radical (unpaired) electrons. The van der Waals surface area contributed by atoms with Crippen LogP contribution in [-0.4, -0.2) is 28.7 Å². The molecule has 0 spiro atoms. The van der Waals surface area contributed by atoms with Gasteiger partial charge < -0.3 is 4.74 Å². The molecule has 2 atom stereocenters. The number of thioether (sulfide) groups is 2. The van der Waals surface area contributed by atoms with Crippen molar-refractivity contribution in [2.75, 3.05) is 18.6 Å². The zero-order chi connectivity index (χ0) is 36.9. The molecular weight excluding hydrogens is 713 g/mol. The zero-order valence-electron chi connectivity index (χ0n) is 28.9. The number of hydrogen-bond acceptors (Lipinski definition) is 5. The fourth-order valence-electron chi connectivity index (χ4n) is 6.09. The van der Waals surface area contributed by atoms with E-state index in [9.17, 15) is 17.6 Å². The van der Waals surface area contributed by atoms with Crippen LogP contribution in [0.15, 0.2) is 143 Å². The van der Waals surface area contributed by atoms with Crippen molar-refractivity contribution in [3.63, 3.8) is 0 Å². The first-order valence-electron chi connectivity index (χ1n) is 17.0. The Bertz CT molecular complexity index is 2230. The molecule has 0 amide bonds. The van der Waals surface area contributed by atoms with Crippen molar-refractivity contribution in [1.29, 1.82) is 0 Å². The average Bonchev–Trinajstić information content (AvgIpc) is 3.87. The monoisotopic (exact) mass is 746 g/mol. The summed E-state index contributed by atoms with van der Waals surface area (Å²) in [5.74, 6) is -0.0924. The minimum absolute atomic E-state index is 0.0173. The predicted molar refractivity (Wildman–Crippen MR) is 211 cm³/mol. The Kier molecular flexibility index (Phi) is 11.1. The molecule has 53 heavy (non-hydrogen) atoms. The van der Waals surface area contributed by atoms with Gasteiger partial charge in [0.2, 0.25) is 0 Å². The Morgan fingerprint density at radius 2 is 0.830 bits per heavy atom. The minimum atomic E-state index is -0.572. The summed E-state index contributed by atoms with van der Waals surface area (Å²) >= 11 is 2.79. The van der Waals surface area contributed by atoms with Crippen molar-refractivity contribution in [2.24, 2.45) is 9.98 Å². The lowest BCUT2D eigenvalue weighted by molar-refractivity contribution is 0.415. The molecule has 6 aromatic carbocycles. The van der Waals surface area contributed by atoms with Crippen LogP contribution in [0.2, 0.25) is 0 Å². The van der Waals surface area contributed by atoms with Gasteiger partial charge in [-0.1, -0.05) is 103 Å². The summed E-state index contributed by atoms with van der Waals surface area (Å²) in [6.45, 7) is 2.07. The van der Waals surface area contributed by atoms with Gasteiger partial charge in [0.15, 0.2) is 0 Å². The lowest BCUT2D eigenvalue weighted by atomic mass is 10.0. The first kappa shape index (κ1) is 36.2. The standard InChI is InChI=1S/C22H17F2NOS.C22H17F2NS/c1-26-17-11-9-15(10-12-17)14-5-7-16(8-6-14)20-13-27-22(25-20)21-18(23)3-2-4-19(21)24;1-14-5-7-15(8-6-14)16-9-11-17(12-10-16)20-13-26-22(25-20)21-18(23)3-2-4-19(21)24/h2-12,20H,13H2,1H3;2-12,20H,13H2,1H3. The van der Waals surface area contributed by atoms with E-state index in [0.717, 1.165) is 33.6 Å². The van der Waals surface area contributed by atoms with Gasteiger partial charge in [-0.2, -0.15) is 0 Å². The van der Waals surface area contributed by atoms with Gasteiger partial charge in [0.1, 0.15) is 39.1 Å². The third kappa shape index (κ3) is 8.27. The van der Waals surface area contributed by atoms with E-state index in [1.807, 2.05) is 60.7 Å². The number of halogens is 4. The van der Waals surface area contributed by atoms with Crippen molar-refractivity contribution in [2.45, 2.75) is 19.0 Å². The third-order valence-corrected chi connectivity index (χ3v) is 11.2. The van der Waals surface area contributed by atoms with E-state index in [2.05, 4.69) is 53.3 Å². The molecule has 8 rings (SSSR count). The van der Waals surface area contributed by atoms with Crippen molar-refractivity contribution >= 4 is 33.6 Å². The fraction of sp³-hybridized carbons (Fsp3) is 0.136. The van der Waals surface area contributed by atoms with Crippen LogP contribution in [-0.2, 0) is 0 Å². The molecule has 2 unspecified atom stereocenters. The van der Waals surface area contributed by atoms with Crippen LogP contribution >= 0.6 is 23.5 Å². The van der Waals surface area contributed by atoms with Crippen LogP contribution in [0.3, 0.4) is 0 Å². The molecule has 3 nitrogen and oxygen atoms in total. The van der Waals surface area contributed by atoms with Crippen molar-refractivity contribution < 1.29 is 22.3 Å². The second-order valence-electron chi connectivity index (χ2n) is 12.6. The smallest absolute Gasteiger partial charge is 0.136 e. The SMILES string of the molecule is COc1ccc(-c2ccc(C3CSC(c4c(F)cccc4F)=N3)cc2)cc1.Cc1ccc(-c2ccc(C3CSC(c4c(F)cccc4F)=N3)cc2)cc1. The van der Waals surface area contributed by atoms with Crippen LogP contribution in [0.4, 0.5) is 17.6 Å². The second-order valence-corrected chi connectivity index (χ2v) is 14.6. The lowest BCUT2D eigenvalue weighted by Crippen LogP contribution is -2.00. The third-order valence-electron chi connectivity index (χ3n) is 9.05. The molecule has 2 heterocycles. The summed E-state index contributed by atoms with van der Waals surface area (Å²) < 4.78 is 61.1. The Labute approximate surface area is 314 Å². The highest BCUT2D eigenvalue weighted by molar-refractivity contribution is 8.15. The van der Waals surface area contributed by atoms with Crippen molar-refractivity contribution in [3.8, 4) is 28.0 Å². The van der Waals surface area contributed by atoms with Crippen molar-refractivity contribution in [3.05, 3.63) is 185 Å². The van der Waals surface area contributed by atoms with Gasteiger partial charge in [-0.3, -0.25) is 9.98 Å². The van der Waals surface area contributed by atoms with E-state index in [4.69, 9.17) is 4.74 Å². The number of ether oxygens (including phenoxy) is 1. The average molecular weight is 747 g/mol. The molecular formula is C44H34F4N2OS2. The maximum Gasteiger partial charge on any atom is 0.136 e. The summed E-state index contributed by atoms with van der Waals surface area (Å²) in [6.07, 6.45) is 0. The summed E-state index contributed by atoms with van der Waals surface area (Å²) in [7, 11) is 1.64. The van der Waals surface area contributed by atoms with Gasteiger partial charge in [0, 0.05) is 11.5 Å². The van der Waals surface area contributed by atoms with Crippen LogP contribution in [0.5, 0.6) is 5.75 Å². The second kappa shape index (κ2) is 16.3. The Morgan fingerprint density at radius 3 is 1.19 bits per heavy atom. The van der Waals surface area contributed by atoms with Gasteiger partial charge in [-0.25, -0.2) is 17.6 Å². The number of aryl methyl sites for hydroxylation is 1. The van der Waals surface area contributed by atoms with Gasteiger partial charge in [0.25, 0.3) is 0 Å². The maximum atomic E-state index is 14.0. The van der Waals surface area contributed by atoms with Gasteiger partial charge in [0.05, 0.1) is 30.3 Å². The number of rotatable bonds is 7. The number of hydrogen-bond donors (Lipinski definition) is 0. The van der Waals surface area contributed by atoms with Crippen molar-refractivity contribution in [1.82, 2.24) is 0 Å². The number of aliphatic imine (C=N–C) groups is 2. The molecule has 2 aliphatic heterocycles. The molecule has 0 aromatic heterocycles. The lowest BCUT2D eigenvalue weighted by Gasteiger charge is -2.08. The van der Waals surface area contributed by atoms with Gasteiger partial charge >= 0.3 is 0 Å². The highest BCUT2D eigenvalue weighted by Crippen LogP contribution is 2.37. The Balaban J connectivity index is 0.000000164. The fourth-order valence-corrected chi connectivity index (χ4v) is 8.34. The Morgan fingerprint density at radius 1 is 0.491 bits per heavy atom. The molecule has 2 aliphatic rings. The van der Waals surface area contributed by atoms with Crippen LogP contribution in [0.1, 0.15) is 39.9 Å². The summed E-state index contributed by atoms with van der Waals surface area (Å²) in [4.78, 5) is 9.12. The van der Waals surface area contributed by atoms with E-state index in [1.54, 1.807) is 7.11 Å². The summed E-state index contributed by atoms with van der Waals surface area (Å²) in [5.41, 5.74) is 7.78. The van der Waals surface area contributed by atoms with Crippen LogP contribution in [0, 0.1) is 30.2 Å². The normalized spacial score (nSPS) is 16.4. The molecule has 266 valence electrons. The Hall–Kier alpha value is -5.12. The van der Waals surface area contributed by atoms with E-state index >= 15 is 0 Å². The molecule has 6 aromatic rings. The summed E-state index contributed by atoms with van der Waals surface area (Å²) in [5, 5.41) is 0.864. The maximum absolute atomic E-state index is 14.0. The largest absolute Gasteiger partial charge is 0.497 e. The summed E-state index contributed by atoms with van der Waals surface area (Å²) in [6, 6.07) is 40.2. The van der Waals surface area contributed by atoms with Gasteiger partial charge in [-0.15, -0.1) is 23.5 Å². The minimum Gasteiger partial charge on any atom is -0.497 e. The van der Waals surface area contributed by atoms with E-state index in [-0.39, 0.29) is 23.2 Å². The highest BCUT2D eigenvalue weighted by Gasteiger charge is 2.26. The molecule has 0 aliphatic carbocycles. The van der Waals surface area contributed by atoms with E-state index in [0.29, 0.717) is 21.6 Å². The molecule has 0 saturated heterocycles. The molecule has 0 N–H and O–H groups in total. The molecule has 9 heteroatoms. The number of benzene rings is 6. The van der Waals surface area contributed by atoms with Gasteiger partial charge in [-0.05, 0) is 76.7 Å². The molecule has 0 saturated carbocycles. The first-order valence-corrected chi connectivity index (χ1v) is 19.0. The van der Waals surface area contributed by atoms with Crippen LogP contribution < -0.4 is 4.74 Å². The van der Waals surface area contributed by atoms with E-state index < -0.39 is 23.3 Å². The topological polar surface area (TPSA) is 34.0 Å². The molecule has 0 fully saturated rings.